The van der Waals surface area contributed by atoms with E-state index in [2.05, 4.69) is 17.3 Å². The average molecular weight is 275 g/mol. The Kier molecular flexibility index (Phi) is 5.56. The van der Waals surface area contributed by atoms with Gasteiger partial charge < -0.3 is 16.0 Å². The zero-order valence-corrected chi connectivity index (χ0v) is 12.2. The van der Waals surface area contributed by atoms with Crippen LogP contribution in [-0.2, 0) is 4.79 Å². The van der Waals surface area contributed by atoms with Gasteiger partial charge in [-0.15, -0.1) is 0 Å². The summed E-state index contributed by atoms with van der Waals surface area (Å²) < 4.78 is 0. The van der Waals surface area contributed by atoms with Gasteiger partial charge in [0.05, 0.1) is 0 Å². The normalized spacial score (nSPS) is 22.1. The molecule has 1 aromatic rings. The van der Waals surface area contributed by atoms with Crippen LogP contribution >= 0.6 is 0 Å². The lowest BCUT2D eigenvalue weighted by molar-refractivity contribution is -0.116. The highest BCUT2D eigenvalue weighted by molar-refractivity contribution is 5.90. The van der Waals surface area contributed by atoms with Gasteiger partial charge >= 0.3 is 0 Å². The molecule has 0 aliphatic heterocycles. The number of nitrogens with two attached hydrogens (primary N) is 1. The fourth-order valence-corrected chi connectivity index (χ4v) is 3.06. The summed E-state index contributed by atoms with van der Waals surface area (Å²) in [4.78, 5) is 14.2. The van der Waals surface area contributed by atoms with Crippen molar-refractivity contribution < 1.29 is 4.79 Å². The number of para-hydroxylation sites is 1. The van der Waals surface area contributed by atoms with Gasteiger partial charge in [0.15, 0.2) is 0 Å². The molecule has 1 aliphatic rings. The van der Waals surface area contributed by atoms with E-state index in [4.69, 9.17) is 5.73 Å². The minimum Gasteiger partial charge on any atom is -0.330 e. The number of carbonyl (C=O) groups excluding carboxylic acids is 1. The van der Waals surface area contributed by atoms with Crippen LogP contribution in [0.4, 0.5) is 5.69 Å². The first-order valence-electron chi connectivity index (χ1n) is 7.46. The molecule has 110 valence electrons. The molecule has 1 aliphatic carbocycles. The Morgan fingerprint density at radius 2 is 2.10 bits per heavy atom. The molecular formula is C16H25N3O. The van der Waals surface area contributed by atoms with Crippen molar-refractivity contribution in [3.63, 3.8) is 0 Å². The molecule has 1 aromatic carbocycles. The van der Waals surface area contributed by atoms with Gasteiger partial charge in [0.1, 0.15) is 0 Å². The third kappa shape index (κ3) is 4.05. The van der Waals surface area contributed by atoms with Gasteiger partial charge in [-0.2, -0.15) is 0 Å². The van der Waals surface area contributed by atoms with E-state index in [1.54, 1.807) is 0 Å². The SMILES string of the molecule is CN(CCC(=O)Nc1ccccc1)C1CCCC1CN. The molecule has 2 unspecified atom stereocenters. The van der Waals surface area contributed by atoms with Gasteiger partial charge in [0.2, 0.25) is 5.91 Å². The number of hydrogen-bond donors (Lipinski definition) is 2. The maximum atomic E-state index is 11.9. The molecule has 0 aromatic heterocycles. The predicted molar refractivity (Wildman–Crippen MR) is 82.5 cm³/mol. The molecule has 2 rings (SSSR count). The number of nitrogens with zero attached hydrogens (tertiary/aromatic N) is 1. The Bertz CT molecular complexity index is 421. The quantitative estimate of drug-likeness (QED) is 0.835. The van der Waals surface area contributed by atoms with Crippen LogP contribution < -0.4 is 11.1 Å². The van der Waals surface area contributed by atoms with Gasteiger partial charge in [0.25, 0.3) is 0 Å². The first-order valence-corrected chi connectivity index (χ1v) is 7.46. The molecule has 0 saturated heterocycles. The molecule has 3 N–H and O–H groups in total. The number of hydrogen-bond acceptors (Lipinski definition) is 3. The largest absolute Gasteiger partial charge is 0.330 e. The van der Waals surface area contributed by atoms with Crippen LogP contribution in [0.1, 0.15) is 25.7 Å². The van der Waals surface area contributed by atoms with Gasteiger partial charge in [-0.1, -0.05) is 24.6 Å². The summed E-state index contributed by atoms with van der Waals surface area (Å²) in [6.07, 6.45) is 4.21. The molecule has 2 atom stereocenters. The first-order chi connectivity index (χ1) is 9.70. The van der Waals surface area contributed by atoms with E-state index in [0.717, 1.165) is 18.8 Å². The van der Waals surface area contributed by atoms with Crippen LogP contribution in [0.15, 0.2) is 30.3 Å². The number of benzene rings is 1. The summed E-state index contributed by atoms with van der Waals surface area (Å²) in [5.41, 5.74) is 6.68. The third-order valence-corrected chi connectivity index (χ3v) is 4.24. The molecule has 20 heavy (non-hydrogen) atoms. The van der Waals surface area contributed by atoms with E-state index in [0.29, 0.717) is 18.4 Å². The standard InChI is InChI=1S/C16H25N3O/c1-19(15-9-5-6-13(15)12-17)11-10-16(20)18-14-7-3-2-4-8-14/h2-4,7-8,13,15H,5-6,9-12,17H2,1H3,(H,18,20). The predicted octanol–water partition coefficient (Wildman–Crippen LogP) is 2.07. The van der Waals surface area contributed by atoms with Crippen LogP contribution in [0, 0.1) is 5.92 Å². The summed E-state index contributed by atoms with van der Waals surface area (Å²) in [5, 5.41) is 2.92. The van der Waals surface area contributed by atoms with Crippen molar-refractivity contribution in [3.05, 3.63) is 30.3 Å². The van der Waals surface area contributed by atoms with Gasteiger partial charge in [-0.3, -0.25) is 4.79 Å². The number of anilines is 1. The van der Waals surface area contributed by atoms with Gasteiger partial charge in [-0.05, 0) is 44.5 Å². The molecule has 0 heterocycles. The van der Waals surface area contributed by atoms with Crippen LogP contribution in [0.25, 0.3) is 0 Å². The number of rotatable bonds is 6. The fourth-order valence-electron chi connectivity index (χ4n) is 3.06. The molecule has 1 fully saturated rings. The highest BCUT2D eigenvalue weighted by atomic mass is 16.1. The molecular weight excluding hydrogens is 250 g/mol. The third-order valence-electron chi connectivity index (χ3n) is 4.24. The van der Waals surface area contributed by atoms with E-state index in [1.165, 1.54) is 19.3 Å². The number of nitrogens with one attached hydrogen (secondary N) is 1. The first kappa shape index (κ1) is 15.0. The molecule has 4 heteroatoms. The molecule has 0 bridgehead atoms. The maximum Gasteiger partial charge on any atom is 0.225 e. The zero-order chi connectivity index (χ0) is 14.4. The molecule has 0 spiro atoms. The topological polar surface area (TPSA) is 58.4 Å². The lowest BCUT2D eigenvalue weighted by Gasteiger charge is -2.28. The Labute approximate surface area is 121 Å². The summed E-state index contributed by atoms with van der Waals surface area (Å²) in [6, 6.07) is 10.1. The summed E-state index contributed by atoms with van der Waals surface area (Å²) >= 11 is 0. The lowest BCUT2D eigenvalue weighted by atomic mass is 10.0. The second-order valence-corrected chi connectivity index (χ2v) is 5.64. The summed E-state index contributed by atoms with van der Waals surface area (Å²) in [7, 11) is 2.11. The number of carbonyl (C=O) groups is 1. The van der Waals surface area contributed by atoms with Crippen LogP contribution in [0.5, 0.6) is 0 Å². The van der Waals surface area contributed by atoms with Gasteiger partial charge in [0, 0.05) is 24.7 Å². The second kappa shape index (κ2) is 7.41. The Balaban J connectivity index is 1.75. The summed E-state index contributed by atoms with van der Waals surface area (Å²) in [6.45, 7) is 1.55. The van der Waals surface area contributed by atoms with Crippen LogP contribution in [-0.4, -0.2) is 37.0 Å². The maximum absolute atomic E-state index is 11.9. The van der Waals surface area contributed by atoms with Crippen molar-refractivity contribution in [2.75, 3.05) is 25.5 Å². The van der Waals surface area contributed by atoms with E-state index < -0.39 is 0 Å². The van der Waals surface area contributed by atoms with Crippen molar-refractivity contribution >= 4 is 11.6 Å². The lowest BCUT2D eigenvalue weighted by Crippen LogP contribution is -2.39. The van der Waals surface area contributed by atoms with E-state index in [9.17, 15) is 4.79 Å². The van der Waals surface area contributed by atoms with Crippen molar-refractivity contribution in [2.24, 2.45) is 11.7 Å². The minimum absolute atomic E-state index is 0.0744. The molecule has 1 saturated carbocycles. The average Bonchev–Trinajstić information content (AvgIpc) is 2.94. The zero-order valence-electron chi connectivity index (χ0n) is 12.2. The van der Waals surface area contributed by atoms with E-state index in [1.807, 2.05) is 30.3 Å². The fraction of sp³-hybridized carbons (Fsp3) is 0.562. The van der Waals surface area contributed by atoms with Crippen molar-refractivity contribution in [3.8, 4) is 0 Å². The van der Waals surface area contributed by atoms with Crippen LogP contribution in [0.2, 0.25) is 0 Å². The highest BCUT2D eigenvalue weighted by Crippen LogP contribution is 2.28. The summed E-state index contributed by atoms with van der Waals surface area (Å²) in [5.74, 6) is 0.669. The van der Waals surface area contributed by atoms with E-state index in [-0.39, 0.29) is 5.91 Å². The van der Waals surface area contributed by atoms with Crippen molar-refractivity contribution in [2.45, 2.75) is 31.7 Å². The molecule has 0 radical (unpaired) electrons. The van der Waals surface area contributed by atoms with Gasteiger partial charge in [-0.25, -0.2) is 0 Å². The molecule has 1 amide bonds. The smallest absolute Gasteiger partial charge is 0.225 e. The molecule has 4 nitrogen and oxygen atoms in total. The van der Waals surface area contributed by atoms with Crippen molar-refractivity contribution in [1.82, 2.24) is 4.90 Å². The highest BCUT2D eigenvalue weighted by Gasteiger charge is 2.29. The number of amides is 1. The monoisotopic (exact) mass is 275 g/mol. The van der Waals surface area contributed by atoms with Crippen LogP contribution in [0.3, 0.4) is 0 Å². The Morgan fingerprint density at radius 3 is 2.80 bits per heavy atom. The second-order valence-electron chi connectivity index (χ2n) is 5.64. The minimum atomic E-state index is 0.0744. The Morgan fingerprint density at radius 1 is 1.35 bits per heavy atom. The van der Waals surface area contributed by atoms with E-state index >= 15 is 0 Å². The Hall–Kier alpha value is -1.39. The van der Waals surface area contributed by atoms with Crippen molar-refractivity contribution in [1.29, 1.82) is 0 Å².